The molecule has 1 amide bonds. The Kier molecular flexibility index (Phi) is 3.35. The van der Waals surface area contributed by atoms with E-state index < -0.39 is 0 Å². The van der Waals surface area contributed by atoms with Gasteiger partial charge < -0.3 is 10.6 Å². The van der Waals surface area contributed by atoms with Crippen molar-refractivity contribution in [1.82, 2.24) is 4.90 Å². The lowest BCUT2D eigenvalue weighted by molar-refractivity contribution is 0.0755. The largest absolute Gasteiger partial charge is 0.399 e. The quantitative estimate of drug-likeness (QED) is 0.753. The Bertz CT molecular complexity index is 372. The molecular formula is C12H18N2O. The molecule has 0 saturated heterocycles. The molecule has 0 spiro atoms. The molecule has 0 saturated carbocycles. The normalized spacial score (nSPS) is 10.5. The van der Waals surface area contributed by atoms with Crippen LogP contribution < -0.4 is 5.73 Å². The van der Waals surface area contributed by atoms with Crippen molar-refractivity contribution in [3.8, 4) is 0 Å². The number of hydrogen-bond donors (Lipinski definition) is 1. The summed E-state index contributed by atoms with van der Waals surface area (Å²) < 4.78 is 0. The second kappa shape index (κ2) is 4.34. The molecule has 0 atom stereocenters. The zero-order valence-electron chi connectivity index (χ0n) is 9.74. The highest BCUT2D eigenvalue weighted by Crippen LogP contribution is 2.14. The Morgan fingerprint density at radius 1 is 1.40 bits per heavy atom. The van der Waals surface area contributed by atoms with Crippen molar-refractivity contribution in [3.05, 3.63) is 29.3 Å². The van der Waals surface area contributed by atoms with Gasteiger partial charge in [-0.2, -0.15) is 0 Å². The van der Waals surface area contributed by atoms with Gasteiger partial charge in [0.25, 0.3) is 5.91 Å². The molecule has 0 aliphatic rings. The van der Waals surface area contributed by atoms with E-state index in [9.17, 15) is 4.79 Å². The third-order valence-corrected chi connectivity index (χ3v) is 2.61. The maximum Gasteiger partial charge on any atom is 0.253 e. The minimum atomic E-state index is 0.0353. The molecule has 0 heterocycles. The maximum atomic E-state index is 11.9. The van der Waals surface area contributed by atoms with Crippen LogP contribution in [0.4, 0.5) is 5.69 Å². The molecule has 0 bridgehead atoms. The molecule has 0 aliphatic heterocycles. The SMILES string of the molecule is Cc1cc(C(=O)N(C)C(C)C)ccc1N. The molecule has 2 N–H and O–H groups in total. The number of carbonyl (C=O) groups is 1. The molecule has 3 nitrogen and oxygen atoms in total. The fourth-order valence-electron chi connectivity index (χ4n) is 1.25. The molecule has 3 heteroatoms. The van der Waals surface area contributed by atoms with Crippen molar-refractivity contribution in [2.24, 2.45) is 0 Å². The summed E-state index contributed by atoms with van der Waals surface area (Å²) in [4.78, 5) is 13.6. The number of rotatable bonds is 2. The van der Waals surface area contributed by atoms with Crippen LogP contribution in [0.2, 0.25) is 0 Å². The van der Waals surface area contributed by atoms with E-state index in [4.69, 9.17) is 5.73 Å². The number of amides is 1. The first-order valence-electron chi connectivity index (χ1n) is 5.06. The fourth-order valence-corrected chi connectivity index (χ4v) is 1.25. The summed E-state index contributed by atoms with van der Waals surface area (Å²) in [5.74, 6) is 0.0353. The van der Waals surface area contributed by atoms with Gasteiger partial charge in [-0.3, -0.25) is 4.79 Å². The molecule has 82 valence electrons. The number of carbonyl (C=O) groups excluding carboxylic acids is 1. The van der Waals surface area contributed by atoms with Crippen LogP contribution in [0, 0.1) is 6.92 Å². The summed E-state index contributed by atoms with van der Waals surface area (Å²) in [6, 6.07) is 5.58. The van der Waals surface area contributed by atoms with Crippen LogP contribution in [-0.4, -0.2) is 23.9 Å². The lowest BCUT2D eigenvalue weighted by Gasteiger charge is -2.21. The fraction of sp³-hybridized carbons (Fsp3) is 0.417. The van der Waals surface area contributed by atoms with Gasteiger partial charge in [-0.1, -0.05) is 0 Å². The molecule has 0 radical (unpaired) electrons. The van der Waals surface area contributed by atoms with E-state index in [2.05, 4.69) is 0 Å². The summed E-state index contributed by atoms with van der Waals surface area (Å²) in [5.41, 5.74) is 8.06. The lowest BCUT2D eigenvalue weighted by atomic mass is 10.1. The first-order chi connectivity index (χ1) is 6.93. The molecular weight excluding hydrogens is 188 g/mol. The number of anilines is 1. The Labute approximate surface area is 90.9 Å². The topological polar surface area (TPSA) is 46.3 Å². The van der Waals surface area contributed by atoms with Crippen LogP contribution in [0.25, 0.3) is 0 Å². The number of nitrogens with zero attached hydrogens (tertiary/aromatic N) is 1. The van der Waals surface area contributed by atoms with Crippen LogP contribution in [0.1, 0.15) is 29.8 Å². The minimum absolute atomic E-state index is 0.0353. The highest BCUT2D eigenvalue weighted by Gasteiger charge is 2.14. The third-order valence-electron chi connectivity index (χ3n) is 2.61. The van der Waals surface area contributed by atoms with E-state index in [1.807, 2.05) is 26.8 Å². The van der Waals surface area contributed by atoms with Crippen LogP contribution in [0.5, 0.6) is 0 Å². The average molecular weight is 206 g/mol. The second-order valence-electron chi connectivity index (χ2n) is 4.08. The van der Waals surface area contributed by atoms with Crippen LogP contribution in [0.15, 0.2) is 18.2 Å². The molecule has 15 heavy (non-hydrogen) atoms. The number of hydrogen-bond acceptors (Lipinski definition) is 2. The number of benzene rings is 1. The van der Waals surface area contributed by atoms with Gasteiger partial charge in [0.2, 0.25) is 0 Å². The van der Waals surface area contributed by atoms with Crippen LogP contribution in [-0.2, 0) is 0 Å². The first kappa shape index (κ1) is 11.6. The smallest absolute Gasteiger partial charge is 0.253 e. The summed E-state index contributed by atoms with van der Waals surface area (Å²) in [6.45, 7) is 5.88. The maximum absolute atomic E-state index is 11.9. The predicted octanol–water partition coefficient (Wildman–Crippen LogP) is 2.06. The number of nitrogen functional groups attached to an aromatic ring is 1. The van der Waals surface area contributed by atoms with Gasteiger partial charge in [0.05, 0.1) is 0 Å². The van der Waals surface area contributed by atoms with E-state index in [0.29, 0.717) is 5.56 Å². The average Bonchev–Trinajstić information content (AvgIpc) is 2.19. The van der Waals surface area contributed by atoms with Crippen LogP contribution in [0.3, 0.4) is 0 Å². The minimum Gasteiger partial charge on any atom is -0.399 e. The lowest BCUT2D eigenvalue weighted by Crippen LogP contribution is -2.33. The number of nitrogens with two attached hydrogens (primary N) is 1. The first-order valence-corrected chi connectivity index (χ1v) is 5.06. The van der Waals surface area contributed by atoms with Gasteiger partial charge in [0.15, 0.2) is 0 Å². The molecule has 0 aliphatic carbocycles. The van der Waals surface area contributed by atoms with E-state index in [-0.39, 0.29) is 11.9 Å². The van der Waals surface area contributed by atoms with Crippen LogP contribution >= 0.6 is 0 Å². The van der Waals surface area contributed by atoms with E-state index in [1.165, 1.54) is 0 Å². The van der Waals surface area contributed by atoms with Crippen molar-refractivity contribution in [2.75, 3.05) is 12.8 Å². The third kappa shape index (κ3) is 2.49. The van der Waals surface area contributed by atoms with Crippen molar-refractivity contribution < 1.29 is 4.79 Å². The summed E-state index contributed by atoms with van der Waals surface area (Å²) in [7, 11) is 1.80. The summed E-state index contributed by atoms with van der Waals surface area (Å²) in [5, 5.41) is 0. The van der Waals surface area contributed by atoms with Gasteiger partial charge >= 0.3 is 0 Å². The number of aryl methyl sites for hydroxylation is 1. The summed E-state index contributed by atoms with van der Waals surface area (Å²) in [6.07, 6.45) is 0. The highest BCUT2D eigenvalue weighted by atomic mass is 16.2. The van der Waals surface area contributed by atoms with Gasteiger partial charge in [-0.25, -0.2) is 0 Å². The zero-order chi connectivity index (χ0) is 11.6. The van der Waals surface area contributed by atoms with E-state index in [1.54, 1.807) is 24.1 Å². The van der Waals surface area contributed by atoms with Gasteiger partial charge in [0, 0.05) is 24.3 Å². The Balaban J connectivity index is 2.97. The highest BCUT2D eigenvalue weighted by molar-refractivity contribution is 5.94. The van der Waals surface area contributed by atoms with Gasteiger partial charge in [0.1, 0.15) is 0 Å². The van der Waals surface area contributed by atoms with Crippen molar-refractivity contribution in [2.45, 2.75) is 26.8 Å². The molecule has 1 rings (SSSR count). The van der Waals surface area contributed by atoms with E-state index >= 15 is 0 Å². The Morgan fingerprint density at radius 3 is 2.47 bits per heavy atom. The zero-order valence-corrected chi connectivity index (χ0v) is 9.74. The predicted molar refractivity (Wildman–Crippen MR) is 62.8 cm³/mol. The molecule has 0 fully saturated rings. The molecule has 0 unspecified atom stereocenters. The summed E-state index contributed by atoms with van der Waals surface area (Å²) >= 11 is 0. The van der Waals surface area contributed by atoms with Gasteiger partial charge in [-0.15, -0.1) is 0 Å². The van der Waals surface area contributed by atoms with Gasteiger partial charge in [-0.05, 0) is 44.5 Å². The Hall–Kier alpha value is -1.51. The molecule has 1 aromatic rings. The Morgan fingerprint density at radius 2 is 2.00 bits per heavy atom. The van der Waals surface area contributed by atoms with Crippen molar-refractivity contribution in [1.29, 1.82) is 0 Å². The monoisotopic (exact) mass is 206 g/mol. The van der Waals surface area contributed by atoms with Crippen molar-refractivity contribution in [3.63, 3.8) is 0 Å². The van der Waals surface area contributed by atoms with Crippen molar-refractivity contribution >= 4 is 11.6 Å². The van der Waals surface area contributed by atoms with E-state index in [0.717, 1.165) is 11.3 Å². The second-order valence-corrected chi connectivity index (χ2v) is 4.08. The molecule has 1 aromatic carbocycles. The molecule has 0 aromatic heterocycles. The standard InChI is InChI=1S/C12H18N2O/c1-8(2)14(4)12(15)10-5-6-11(13)9(3)7-10/h5-8H,13H2,1-4H3.